The first kappa shape index (κ1) is 14.2. The summed E-state index contributed by atoms with van der Waals surface area (Å²) < 4.78 is 19.4. The van der Waals surface area contributed by atoms with E-state index in [2.05, 4.69) is 0 Å². The molecule has 0 radical (unpaired) electrons. The molecule has 0 N–H and O–H groups in total. The fourth-order valence-electron chi connectivity index (χ4n) is 0.770. The number of hydrogen-bond acceptors (Lipinski definition) is 5. The molecule has 0 saturated carbocycles. The van der Waals surface area contributed by atoms with E-state index >= 15 is 0 Å². The van der Waals surface area contributed by atoms with Crippen LogP contribution in [0.3, 0.4) is 0 Å². The lowest BCUT2D eigenvalue weighted by atomic mass is 10.4. The fraction of sp³-hybridized carbons (Fsp3) is 0.900. The van der Waals surface area contributed by atoms with Gasteiger partial charge in [0.25, 0.3) is 0 Å². The van der Waals surface area contributed by atoms with E-state index in [4.69, 9.17) is 18.9 Å². The van der Waals surface area contributed by atoms with Crippen LogP contribution in [0.15, 0.2) is 0 Å². The maximum atomic E-state index is 10.9. The van der Waals surface area contributed by atoms with E-state index in [1.165, 1.54) is 0 Å². The molecule has 5 heteroatoms. The van der Waals surface area contributed by atoms with Crippen LogP contribution in [-0.4, -0.2) is 46.3 Å². The lowest BCUT2D eigenvalue weighted by Crippen LogP contribution is -2.14. The van der Waals surface area contributed by atoms with Crippen molar-refractivity contribution in [3.8, 4) is 0 Å². The van der Waals surface area contributed by atoms with E-state index in [0.717, 1.165) is 12.8 Å². The molecule has 0 spiro atoms. The van der Waals surface area contributed by atoms with E-state index in [0.29, 0.717) is 26.4 Å². The molecule has 0 aromatic heterocycles. The molecule has 5 nitrogen and oxygen atoms in total. The largest absolute Gasteiger partial charge is 0.508 e. The SMILES string of the molecule is CCCCOC(=O)OCCOCCOC. The minimum Gasteiger partial charge on any atom is -0.434 e. The maximum absolute atomic E-state index is 10.9. The molecule has 0 heterocycles. The van der Waals surface area contributed by atoms with Gasteiger partial charge in [0.05, 0.1) is 26.4 Å². The molecule has 0 saturated heterocycles. The van der Waals surface area contributed by atoms with Crippen molar-refractivity contribution < 1.29 is 23.7 Å². The zero-order valence-corrected chi connectivity index (χ0v) is 9.49. The van der Waals surface area contributed by atoms with Gasteiger partial charge in [-0.1, -0.05) is 13.3 Å². The third-order valence-corrected chi connectivity index (χ3v) is 1.60. The molecular formula is C10H20O5. The normalized spacial score (nSPS) is 10.0. The summed E-state index contributed by atoms with van der Waals surface area (Å²) in [4.78, 5) is 10.9. The third kappa shape index (κ3) is 11.1. The third-order valence-electron chi connectivity index (χ3n) is 1.60. The molecule has 0 bridgehead atoms. The molecule has 0 amide bonds. The zero-order valence-electron chi connectivity index (χ0n) is 9.49. The Morgan fingerprint density at radius 1 is 1.00 bits per heavy atom. The summed E-state index contributed by atoms with van der Waals surface area (Å²) in [6, 6.07) is 0. The highest BCUT2D eigenvalue weighted by Crippen LogP contribution is 1.91. The second kappa shape index (κ2) is 11.3. The lowest BCUT2D eigenvalue weighted by molar-refractivity contribution is 0.0152. The van der Waals surface area contributed by atoms with E-state index < -0.39 is 6.16 Å². The summed E-state index contributed by atoms with van der Waals surface area (Å²) in [5, 5.41) is 0. The Morgan fingerprint density at radius 2 is 1.67 bits per heavy atom. The average Bonchev–Trinajstić information content (AvgIpc) is 2.23. The van der Waals surface area contributed by atoms with Crippen LogP contribution in [-0.2, 0) is 18.9 Å². The van der Waals surface area contributed by atoms with Crippen LogP contribution in [0.2, 0.25) is 0 Å². The molecule has 0 aliphatic rings. The van der Waals surface area contributed by atoms with Crippen molar-refractivity contribution >= 4 is 6.16 Å². The first-order chi connectivity index (χ1) is 7.31. The quantitative estimate of drug-likeness (QED) is 0.436. The number of carbonyl (C=O) groups excluding carboxylic acids is 1. The molecular weight excluding hydrogens is 200 g/mol. The van der Waals surface area contributed by atoms with Crippen LogP contribution < -0.4 is 0 Å². The van der Waals surface area contributed by atoms with Gasteiger partial charge in [-0.05, 0) is 6.42 Å². The Kier molecular flexibility index (Phi) is 10.7. The van der Waals surface area contributed by atoms with Gasteiger partial charge < -0.3 is 18.9 Å². The Hall–Kier alpha value is -0.810. The van der Waals surface area contributed by atoms with Gasteiger partial charge in [-0.15, -0.1) is 0 Å². The molecule has 0 rings (SSSR count). The second-order valence-electron chi connectivity index (χ2n) is 2.91. The molecule has 0 aliphatic heterocycles. The highest BCUT2D eigenvalue weighted by molar-refractivity contribution is 5.59. The smallest absolute Gasteiger partial charge is 0.434 e. The standard InChI is InChI=1S/C10H20O5/c1-3-4-5-14-10(11)15-9-8-13-7-6-12-2/h3-9H2,1-2H3. The van der Waals surface area contributed by atoms with Crippen LogP contribution in [0.5, 0.6) is 0 Å². The van der Waals surface area contributed by atoms with E-state index in [-0.39, 0.29) is 6.61 Å². The Balaban J connectivity index is 3.10. The topological polar surface area (TPSA) is 54.0 Å². The van der Waals surface area contributed by atoms with Crippen molar-refractivity contribution in [1.29, 1.82) is 0 Å². The number of carbonyl (C=O) groups is 1. The molecule has 0 aromatic carbocycles. The number of ether oxygens (including phenoxy) is 4. The van der Waals surface area contributed by atoms with E-state index in [9.17, 15) is 4.79 Å². The molecule has 0 aliphatic carbocycles. The minimum absolute atomic E-state index is 0.217. The van der Waals surface area contributed by atoms with Crippen molar-refractivity contribution in [2.75, 3.05) is 40.1 Å². The number of rotatable bonds is 9. The van der Waals surface area contributed by atoms with Gasteiger partial charge >= 0.3 is 6.16 Å². The second-order valence-corrected chi connectivity index (χ2v) is 2.91. The molecule has 0 aromatic rings. The minimum atomic E-state index is -0.626. The predicted octanol–water partition coefficient (Wildman–Crippen LogP) is 1.60. The summed E-state index contributed by atoms with van der Waals surface area (Å²) in [7, 11) is 1.60. The van der Waals surface area contributed by atoms with Crippen molar-refractivity contribution in [1.82, 2.24) is 0 Å². The van der Waals surface area contributed by atoms with Crippen LogP contribution in [0.4, 0.5) is 4.79 Å². The van der Waals surface area contributed by atoms with E-state index in [1.54, 1.807) is 7.11 Å². The lowest BCUT2D eigenvalue weighted by Gasteiger charge is -2.06. The molecule has 0 atom stereocenters. The summed E-state index contributed by atoms with van der Waals surface area (Å²) >= 11 is 0. The van der Waals surface area contributed by atoms with Crippen molar-refractivity contribution in [3.63, 3.8) is 0 Å². The van der Waals surface area contributed by atoms with Gasteiger partial charge in [0.2, 0.25) is 0 Å². The van der Waals surface area contributed by atoms with Crippen LogP contribution in [0.25, 0.3) is 0 Å². The fourth-order valence-corrected chi connectivity index (χ4v) is 0.770. The molecule has 0 unspecified atom stereocenters. The first-order valence-corrected chi connectivity index (χ1v) is 5.17. The maximum Gasteiger partial charge on any atom is 0.508 e. The Morgan fingerprint density at radius 3 is 2.33 bits per heavy atom. The van der Waals surface area contributed by atoms with Crippen LogP contribution in [0, 0.1) is 0 Å². The van der Waals surface area contributed by atoms with Crippen molar-refractivity contribution in [3.05, 3.63) is 0 Å². The van der Waals surface area contributed by atoms with Crippen LogP contribution in [0.1, 0.15) is 19.8 Å². The molecule has 90 valence electrons. The monoisotopic (exact) mass is 220 g/mol. The van der Waals surface area contributed by atoms with Gasteiger partial charge in [-0.2, -0.15) is 0 Å². The number of hydrogen-bond donors (Lipinski definition) is 0. The first-order valence-electron chi connectivity index (χ1n) is 5.17. The van der Waals surface area contributed by atoms with Crippen molar-refractivity contribution in [2.24, 2.45) is 0 Å². The zero-order chi connectivity index (χ0) is 11.4. The van der Waals surface area contributed by atoms with Crippen molar-refractivity contribution in [2.45, 2.75) is 19.8 Å². The Bertz CT molecular complexity index is 149. The predicted molar refractivity (Wildman–Crippen MR) is 54.9 cm³/mol. The van der Waals surface area contributed by atoms with Gasteiger partial charge in [0, 0.05) is 7.11 Å². The summed E-state index contributed by atoms with van der Waals surface area (Å²) in [6.07, 6.45) is 1.23. The van der Waals surface area contributed by atoms with Crippen LogP contribution >= 0.6 is 0 Å². The van der Waals surface area contributed by atoms with Gasteiger partial charge in [-0.3, -0.25) is 0 Å². The number of unbranched alkanes of at least 4 members (excludes halogenated alkanes) is 1. The average molecular weight is 220 g/mol. The highest BCUT2D eigenvalue weighted by Gasteiger charge is 2.01. The summed E-state index contributed by atoms with van der Waals surface area (Å²) in [5.41, 5.74) is 0. The highest BCUT2D eigenvalue weighted by atomic mass is 16.7. The molecule has 15 heavy (non-hydrogen) atoms. The van der Waals surface area contributed by atoms with Gasteiger partial charge in [0.1, 0.15) is 6.61 Å². The summed E-state index contributed by atoms with van der Waals surface area (Å²) in [6.45, 7) is 4.07. The van der Waals surface area contributed by atoms with Gasteiger partial charge in [-0.25, -0.2) is 4.79 Å². The Labute approximate surface area is 90.6 Å². The number of methoxy groups -OCH3 is 1. The van der Waals surface area contributed by atoms with E-state index in [1.807, 2.05) is 6.92 Å². The molecule has 0 fully saturated rings. The van der Waals surface area contributed by atoms with Gasteiger partial charge in [0.15, 0.2) is 0 Å². The summed E-state index contributed by atoms with van der Waals surface area (Å²) in [5.74, 6) is 0.